The number of benzene rings is 1. The lowest BCUT2D eigenvalue weighted by atomic mass is 9.86. The van der Waals surface area contributed by atoms with Crippen LogP contribution in [0.3, 0.4) is 0 Å². The molecular formula is C21H29ClN2O3. The van der Waals surface area contributed by atoms with Crippen LogP contribution in [0.4, 0.5) is 4.79 Å². The van der Waals surface area contributed by atoms with Crippen molar-refractivity contribution in [2.45, 2.75) is 38.6 Å². The van der Waals surface area contributed by atoms with E-state index < -0.39 is 0 Å². The number of carbonyl (C=O) groups is 1. The van der Waals surface area contributed by atoms with Crippen LogP contribution in [0.1, 0.15) is 32.6 Å². The van der Waals surface area contributed by atoms with Gasteiger partial charge in [-0.3, -0.25) is 4.90 Å². The maximum absolute atomic E-state index is 12.3. The molecule has 148 valence electrons. The highest BCUT2D eigenvalue weighted by Gasteiger charge is 2.26. The molecule has 1 aliphatic carbocycles. The van der Waals surface area contributed by atoms with Crippen molar-refractivity contribution in [1.29, 1.82) is 0 Å². The third-order valence-electron chi connectivity index (χ3n) is 5.02. The molecule has 0 bridgehead atoms. The Kier molecular flexibility index (Phi) is 8.93. The number of aliphatic hydroxyl groups is 1. The van der Waals surface area contributed by atoms with Crippen molar-refractivity contribution in [2.75, 3.05) is 33.3 Å². The summed E-state index contributed by atoms with van der Waals surface area (Å²) < 4.78 is 5.41. The lowest BCUT2D eigenvalue weighted by Crippen LogP contribution is -2.41. The molecule has 0 spiro atoms. The second kappa shape index (κ2) is 11.2. The fraction of sp³-hybridized carbons (Fsp3) is 0.571. The second-order valence-corrected chi connectivity index (χ2v) is 7.29. The molecular weight excluding hydrogens is 364 g/mol. The highest BCUT2D eigenvalue weighted by Crippen LogP contribution is 2.27. The Morgan fingerprint density at radius 2 is 1.93 bits per heavy atom. The largest absolute Gasteiger partial charge is 0.415 e. The van der Waals surface area contributed by atoms with E-state index in [9.17, 15) is 4.79 Å². The Morgan fingerprint density at radius 1 is 1.26 bits per heavy atom. The van der Waals surface area contributed by atoms with E-state index in [1.807, 2.05) is 0 Å². The Bertz CT molecular complexity index is 646. The van der Waals surface area contributed by atoms with Crippen molar-refractivity contribution in [2.24, 2.45) is 5.92 Å². The lowest BCUT2D eigenvalue weighted by molar-refractivity contribution is 0.129. The first kappa shape index (κ1) is 21.6. The van der Waals surface area contributed by atoms with Gasteiger partial charge in [-0.15, -0.1) is 0 Å². The van der Waals surface area contributed by atoms with Gasteiger partial charge in [0, 0.05) is 30.6 Å². The molecule has 0 heterocycles. The van der Waals surface area contributed by atoms with Crippen LogP contribution < -0.4 is 4.74 Å². The number of nitrogens with zero attached hydrogens (tertiary/aromatic N) is 2. The minimum absolute atomic E-state index is 0.166. The number of rotatable bonds is 6. The standard InChI is InChI=1S/C21H29ClN2O3/c1-3-24(15-16-25)14-4-5-17-6-10-19(11-7-17)23(2)21(26)27-20-12-8-18(22)9-13-20/h8-9,12-13,17,19,25H,3,6-7,10-11,14-16H2,1-2H3. The molecule has 6 heteroatoms. The monoisotopic (exact) mass is 392 g/mol. The van der Waals surface area contributed by atoms with E-state index in [0.29, 0.717) is 29.8 Å². The van der Waals surface area contributed by atoms with Crippen molar-refractivity contribution >= 4 is 17.7 Å². The summed E-state index contributed by atoms with van der Waals surface area (Å²) in [5, 5.41) is 9.62. The predicted octanol–water partition coefficient (Wildman–Crippen LogP) is 3.65. The number of carbonyl (C=O) groups excluding carboxylic acids is 1. The van der Waals surface area contributed by atoms with Gasteiger partial charge in [0.25, 0.3) is 0 Å². The van der Waals surface area contributed by atoms with Crippen molar-refractivity contribution in [3.63, 3.8) is 0 Å². The maximum atomic E-state index is 12.3. The number of hydrogen-bond acceptors (Lipinski definition) is 4. The van der Waals surface area contributed by atoms with Gasteiger partial charge in [0.2, 0.25) is 0 Å². The fourth-order valence-electron chi connectivity index (χ4n) is 3.22. The zero-order valence-electron chi connectivity index (χ0n) is 16.2. The minimum Gasteiger partial charge on any atom is -0.410 e. The van der Waals surface area contributed by atoms with Gasteiger partial charge in [-0.2, -0.15) is 0 Å². The SMILES string of the molecule is CCN(CC#CC1CCC(N(C)C(=O)Oc2ccc(Cl)cc2)CC1)CCO. The second-order valence-electron chi connectivity index (χ2n) is 6.85. The van der Waals surface area contributed by atoms with Crippen LogP contribution in [0.15, 0.2) is 24.3 Å². The number of likely N-dealkylation sites (N-methyl/N-ethyl adjacent to an activating group) is 1. The lowest BCUT2D eigenvalue weighted by Gasteiger charge is -2.32. The summed E-state index contributed by atoms with van der Waals surface area (Å²) in [7, 11) is 1.79. The van der Waals surface area contributed by atoms with Gasteiger partial charge in [0.05, 0.1) is 13.2 Å². The van der Waals surface area contributed by atoms with Crippen molar-refractivity contribution in [3.05, 3.63) is 29.3 Å². The molecule has 5 nitrogen and oxygen atoms in total. The van der Waals surface area contributed by atoms with Crippen LogP contribution >= 0.6 is 11.6 Å². The zero-order chi connectivity index (χ0) is 19.6. The fourth-order valence-corrected chi connectivity index (χ4v) is 3.35. The summed E-state index contributed by atoms with van der Waals surface area (Å²) >= 11 is 5.85. The Hall–Kier alpha value is -1.74. The molecule has 1 saturated carbocycles. The normalized spacial score (nSPS) is 19.3. The average molecular weight is 393 g/mol. The van der Waals surface area contributed by atoms with E-state index >= 15 is 0 Å². The summed E-state index contributed by atoms with van der Waals surface area (Å²) in [6.45, 7) is 4.49. The number of ether oxygens (including phenoxy) is 1. The molecule has 0 unspecified atom stereocenters. The molecule has 0 radical (unpaired) electrons. The number of hydrogen-bond donors (Lipinski definition) is 1. The molecule has 27 heavy (non-hydrogen) atoms. The number of aliphatic hydroxyl groups excluding tert-OH is 1. The molecule has 1 N–H and O–H groups in total. The molecule has 1 fully saturated rings. The molecule has 0 aliphatic heterocycles. The van der Waals surface area contributed by atoms with Crippen LogP contribution in [0, 0.1) is 17.8 Å². The average Bonchev–Trinajstić information content (AvgIpc) is 2.69. The van der Waals surface area contributed by atoms with E-state index in [1.54, 1.807) is 36.2 Å². The summed E-state index contributed by atoms with van der Waals surface area (Å²) in [4.78, 5) is 16.2. The van der Waals surface area contributed by atoms with Gasteiger partial charge in [0.15, 0.2) is 0 Å². The molecule has 1 amide bonds. The first-order valence-corrected chi connectivity index (χ1v) is 9.93. The van der Waals surface area contributed by atoms with Crippen LogP contribution in [0.5, 0.6) is 5.75 Å². The van der Waals surface area contributed by atoms with Crippen molar-refractivity contribution in [3.8, 4) is 17.6 Å². The number of halogens is 1. The Balaban J connectivity index is 1.77. The van der Waals surface area contributed by atoms with Crippen LogP contribution in [0.25, 0.3) is 0 Å². The number of amides is 1. The molecule has 0 aromatic heterocycles. The Labute approximate surface area is 167 Å². The van der Waals surface area contributed by atoms with Gasteiger partial charge in [-0.1, -0.05) is 30.4 Å². The Morgan fingerprint density at radius 3 is 2.52 bits per heavy atom. The smallest absolute Gasteiger partial charge is 0.410 e. The molecule has 0 saturated heterocycles. The van der Waals surface area contributed by atoms with Crippen LogP contribution in [0.2, 0.25) is 5.02 Å². The van der Waals surface area contributed by atoms with Crippen molar-refractivity contribution < 1.29 is 14.6 Å². The summed E-state index contributed by atoms with van der Waals surface area (Å²) in [5.74, 6) is 7.49. The first-order chi connectivity index (χ1) is 13.0. The molecule has 0 atom stereocenters. The molecule has 1 aromatic rings. The van der Waals surface area contributed by atoms with E-state index in [-0.39, 0.29) is 18.7 Å². The molecule has 2 rings (SSSR count). The summed E-state index contributed by atoms with van der Waals surface area (Å²) in [5.41, 5.74) is 0. The van der Waals surface area contributed by atoms with E-state index in [0.717, 1.165) is 32.2 Å². The third-order valence-corrected chi connectivity index (χ3v) is 5.28. The van der Waals surface area contributed by atoms with E-state index in [1.165, 1.54) is 0 Å². The zero-order valence-corrected chi connectivity index (χ0v) is 16.9. The van der Waals surface area contributed by atoms with Gasteiger partial charge in [0.1, 0.15) is 5.75 Å². The highest BCUT2D eigenvalue weighted by molar-refractivity contribution is 6.30. The maximum Gasteiger partial charge on any atom is 0.415 e. The van der Waals surface area contributed by atoms with Gasteiger partial charge in [-0.25, -0.2) is 4.79 Å². The van der Waals surface area contributed by atoms with Gasteiger partial charge < -0.3 is 14.7 Å². The third kappa shape index (κ3) is 7.06. The van der Waals surface area contributed by atoms with Crippen molar-refractivity contribution in [1.82, 2.24) is 9.80 Å². The topological polar surface area (TPSA) is 53.0 Å². The van der Waals surface area contributed by atoms with Gasteiger partial charge >= 0.3 is 6.09 Å². The van der Waals surface area contributed by atoms with Crippen LogP contribution in [-0.4, -0.2) is 60.3 Å². The summed E-state index contributed by atoms with van der Waals surface area (Å²) in [6.07, 6.45) is 3.50. The molecule has 1 aromatic carbocycles. The predicted molar refractivity (Wildman–Crippen MR) is 108 cm³/mol. The highest BCUT2D eigenvalue weighted by atomic mass is 35.5. The van der Waals surface area contributed by atoms with Gasteiger partial charge in [-0.05, 0) is 56.5 Å². The quantitative estimate of drug-likeness (QED) is 0.751. The summed E-state index contributed by atoms with van der Waals surface area (Å²) in [6, 6.07) is 6.97. The van der Waals surface area contributed by atoms with E-state index in [4.69, 9.17) is 21.4 Å². The van der Waals surface area contributed by atoms with Crippen LogP contribution in [-0.2, 0) is 0 Å². The first-order valence-electron chi connectivity index (χ1n) is 9.55. The molecule has 1 aliphatic rings. The minimum atomic E-state index is -0.338. The van der Waals surface area contributed by atoms with E-state index in [2.05, 4.69) is 23.7 Å².